The van der Waals surface area contributed by atoms with E-state index in [0.29, 0.717) is 5.75 Å². The Balaban J connectivity index is 2.97. The number of aliphatic carboxylic acids is 1. The third-order valence-electron chi connectivity index (χ3n) is 2.06. The lowest BCUT2D eigenvalue weighted by Gasteiger charge is -2.11. The van der Waals surface area contributed by atoms with Gasteiger partial charge in [0, 0.05) is 0 Å². The zero-order valence-corrected chi connectivity index (χ0v) is 8.91. The Kier molecular flexibility index (Phi) is 3.50. The second-order valence-corrected chi connectivity index (χ2v) is 3.37. The number of hydrogen-bond donors (Lipinski definition) is 1. The van der Waals surface area contributed by atoms with E-state index in [1.165, 1.54) is 0 Å². The average Bonchev–Trinajstić information content (AvgIpc) is 2.15. The van der Waals surface area contributed by atoms with E-state index in [-0.39, 0.29) is 6.61 Å². The van der Waals surface area contributed by atoms with Gasteiger partial charge in [-0.1, -0.05) is 12.7 Å². The van der Waals surface area contributed by atoms with Crippen LogP contribution in [0.1, 0.15) is 16.7 Å². The predicted octanol–water partition coefficient (Wildman–Crippen LogP) is 2.41. The number of aryl methyl sites for hydroxylation is 2. The molecule has 3 heteroatoms. The molecule has 0 fully saturated rings. The van der Waals surface area contributed by atoms with Gasteiger partial charge in [-0.15, -0.1) is 0 Å². The van der Waals surface area contributed by atoms with E-state index in [0.717, 1.165) is 16.7 Å². The monoisotopic (exact) mass is 206 g/mol. The van der Waals surface area contributed by atoms with E-state index < -0.39 is 5.97 Å². The SMILES string of the molecule is C=Cc1cc(C)c(OCC(=O)O)c(C)c1. The number of carbonyl (C=O) groups is 1. The highest BCUT2D eigenvalue weighted by atomic mass is 16.5. The molecule has 0 heterocycles. The van der Waals surface area contributed by atoms with Crippen LogP contribution in [0.15, 0.2) is 18.7 Å². The summed E-state index contributed by atoms with van der Waals surface area (Å²) in [4.78, 5) is 10.4. The summed E-state index contributed by atoms with van der Waals surface area (Å²) >= 11 is 0. The molecule has 1 aromatic rings. The third-order valence-corrected chi connectivity index (χ3v) is 2.06. The Morgan fingerprint density at radius 2 is 2.00 bits per heavy atom. The van der Waals surface area contributed by atoms with Gasteiger partial charge in [-0.05, 0) is 42.7 Å². The number of hydrogen-bond acceptors (Lipinski definition) is 2. The van der Waals surface area contributed by atoms with Gasteiger partial charge in [0.25, 0.3) is 0 Å². The summed E-state index contributed by atoms with van der Waals surface area (Å²) in [7, 11) is 0. The molecule has 3 nitrogen and oxygen atoms in total. The van der Waals surface area contributed by atoms with Crippen molar-refractivity contribution in [2.24, 2.45) is 0 Å². The topological polar surface area (TPSA) is 46.5 Å². The fourth-order valence-corrected chi connectivity index (χ4v) is 1.46. The van der Waals surface area contributed by atoms with Gasteiger partial charge in [0.1, 0.15) is 5.75 Å². The first kappa shape index (κ1) is 11.3. The molecule has 1 N–H and O–H groups in total. The number of ether oxygens (including phenoxy) is 1. The van der Waals surface area contributed by atoms with Crippen LogP contribution in [0.4, 0.5) is 0 Å². The highest BCUT2D eigenvalue weighted by Crippen LogP contribution is 2.25. The van der Waals surface area contributed by atoms with Crippen molar-refractivity contribution in [3.63, 3.8) is 0 Å². The van der Waals surface area contributed by atoms with Crippen molar-refractivity contribution >= 4 is 12.0 Å². The summed E-state index contributed by atoms with van der Waals surface area (Å²) in [6, 6.07) is 3.83. The Hall–Kier alpha value is -1.77. The quantitative estimate of drug-likeness (QED) is 0.822. The molecule has 0 aliphatic rings. The normalized spacial score (nSPS) is 9.73. The van der Waals surface area contributed by atoms with E-state index in [1.54, 1.807) is 6.08 Å². The predicted molar refractivity (Wildman–Crippen MR) is 59.1 cm³/mol. The maximum atomic E-state index is 10.4. The van der Waals surface area contributed by atoms with Gasteiger partial charge in [0.2, 0.25) is 0 Å². The molecule has 0 spiro atoms. The third kappa shape index (κ3) is 2.84. The number of carboxylic acid groups (broad SMARTS) is 1. The molecule has 15 heavy (non-hydrogen) atoms. The zero-order chi connectivity index (χ0) is 11.4. The van der Waals surface area contributed by atoms with Crippen LogP contribution in [0, 0.1) is 13.8 Å². The molecule has 1 rings (SSSR count). The minimum atomic E-state index is -0.971. The molecule has 0 amide bonds. The molecule has 1 aromatic carbocycles. The minimum absolute atomic E-state index is 0.310. The summed E-state index contributed by atoms with van der Waals surface area (Å²) in [6.45, 7) is 7.14. The smallest absolute Gasteiger partial charge is 0.341 e. The molecular formula is C12H14O3. The van der Waals surface area contributed by atoms with Crippen LogP contribution >= 0.6 is 0 Å². The fourth-order valence-electron chi connectivity index (χ4n) is 1.46. The van der Waals surface area contributed by atoms with Crippen LogP contribution in [0.5, 0.6) is 5.75 Å². The van der Waals surface area contributed by atoms with Crippen LogP contribution < -0.4 is 4.74 Å². The van der Waals surface area contributed by atoms with Crippen LogP contribution in [0.2, 0.25) is 0 Å². The van der Waals surface area contributed by atoms with Gasteiger partial charge in [0.15, 0.2) is 6.61 Å². The van der Waals surface area contributed by atoms with Crippen LogP contribution in [-0.4, -0.2) is 17.7 Å². The summed E-state index contributed by atoms with van der Waals surface area (Å²) in [5.74, 6) is -0.329. The van der Waals surface area contributed by atoms with E-state index in [2.05, 4.69) is 6.58 Å². The average molecular weight is 206 g/mol. The van der Waals surface area contributed by atoms with Gasteiger partial charge in [-0.2, -0.15) is 0 Å². The maximum Gasteiger partial charge on any atom is 0.341 e. The van der Waals surface area contributed by atoms with E-state index in [1.807, 2.05) is 26.0 Å². The number of rotatable bonds is 4. The van der Waals surface area contributed by atoms with Crippen molar-refractivity contribution in [1.82, 2.24) is 0 Å². The van der Waals surface area contributed by atoms with E-state index >= 15 is 0 Å². The maximum absolute atomic E-state index is 10.4. The highest BCUT2D eigenvalue weighted by Gasteiger charge is 2.07. The lowest BCUT2D eigenvalue weighted by Crippen LogP contribution is -2.10. The standard InChI is InChI=1S/C12H14O3/c1-4-10-5-8(2)12(9(3)6-10)15-7-11(13)14/h4-6H,1,7H2,2-3H3,(H,13,14). The second kappa shape index (κ2) is 4.64. The summed E-state index contributed by atoms with van der Waals surface area (Å²) in [6.07, 6.45) is 1.75. The zero-order valence-electron chi connectivity index (χ0n) is 8.91. The largest absolute Gasteiger partial charge is 0.481 e. The fraction of sp³-hybridized carbons (Fsp3) is 0.250. The molecule has 0 aliphatic carbocycles. The van der Waals surface area contributed by atoms with Crippen molar-refractivity contribution in [3.05, 3.63) is 35.4 Å². The second-order valence-electron chi connectivity index (χ2n) is 3.37. The molecule has 80 valence electrons. The molecule has 0 bridgehead atoms. The minimum Gasteiger partial charge on any atom is -0.481 e. The lowest BCUT2D eigenvalue weighted by atomic mass is 10.1. The highest BCUT2D eigenvalue weighted by molar-refractivity contribution is 5.68. The lowest BCUT2D eigenvalue weighted by molar-refractivity contribution is -0.139. The van der Waals surface area contributed by atoms with E-state index in [4.69, 9.17) is 9.84 Å². The van der Waals surface area contributed by atoms with Crippen molar-refractivity contribution in [2.75, 3.05) is 6.61 Å². The van der Waals surface area contributed by atoms with Crippen LogP contribution in [0.25, 0.3) is 6.08 Å². The van der Waals surface area contributed by atoms with Gasteiger partial charge < -0.3 is 9.84 Å². The Bertz CT molecular complexity index is 371. The molecule has 0 saturated carbocycles. The van der Waals surface area contributed by atoms with Gasteiger partial charge in [-0.25, -0.2) is 4.79 Å². The van der Waals surface area contributed by atoms with Crippen molar-refractivity contribution in [1.29, 1.82) is 0 Å². The molecular weight excluding hydrogens is 192 g/mol. The number of benzene rings is 1. The molecule has 0 aliphatic heterocycles. The van der Waals surface area contributed by atoms with Gasteiger partial charge in [-0.3, -0.25) is 0 Å². The molecule has 0 atom stereocenters. The van der Waals surface area contributed by atoms with Crippen molar-refractivity contribution in [3.8, 4) is 5.75 Å². The van der Waals surface area contributed by atoms with Gasteiger partial charge >= 0.3 is 5.97 Å². The van der Waals surface area contributed by atoms with Crippen LogP contribution in [0.3, 0.4) is 0 Å². The molecule has 0 aromatic heterocycles. The van der Waals surface area contributed by atoms with Crippen molar-refractivity contribution in [2.45, 2.75) is 13.8 Å². The van der Waals surface area contributed by atoms with Crippen LogP contribution in [-0.2, 0) is 4.79 Å². The first-order valence-corrected chi connectivity index (χ1v) is 4.63. The summed E-state index contributed by atoms with van der Waals surface area (Å²) < 4.78 is 5.19. The van der Waals surface area contributed by atoms with Gasteiger partial charge in [0.05, 0.1) is 0 Å². The number of carboxylic acids is 1. The van der Waals surface area contributed by atoms with Crippen molar-refractivity contribution < 1.29 is 14.6 Å². The summed E-state index contributed by atoms with van der Waals surface area (Å²) in [5, 5.41) is 8.52. The molecule has 0 unspecified atom stereocenters. The van der Waals surface area contributed by atoms with E-state index in [9.17, 15) is 4.79 Å². The summed E-state index contributed by atoms with van der Waals surface area (Å²) in [5.41, 5.74) is 2.85. The first-order chi connectivity index (χ1) is 7.04. The molecule has 0 saturated heterocycles. The Morgan fingerprint density at radius 1 is 1.47 bits per heavy atom. The Morgan fingerprint density at radius 3 is 2.40 bits per heavy atom. The molecule has 0 radical (unpaired) electrons. The first-order valence-electron chi connectivity index (χ1n) is 4.63. The Labute approximate surface area is 89.0 Å².